The van der Waals surface area contributed by atoms with Crippen LogP contribution in [0.4, 0.5) is 8.78 Å². The first kappa shape index (κ1) is 18.7. The number of nitrogens with zero attached hydrogens (tertiary/aromatic N) is 1. The molecule has 0 saturated carbocycles. The molecule has 1 aromatic carbocycles. The van der Waals surface area contributed by atoms with Crippen molar-refractivity contribution in [2.45, 2.75) is 31.9 Å². The largest absolute Gasteiger partial charge is 0.357 e. The van der Waals surface area contributed by atoms with Crippen molar-refractivity contribution in [2.24, 2.45) is 4.99 Å². The summed E-state index contributed by atoms with van der Waals surface area (Å²) in [7, 11) is 0. The van der Waals surface area contributed by atoms with Gasteiger partial charge in [-0.25, -0.2) is 8.78 Å². The summed E-state index contributed by atoms with van der Waals surface area (Å²) >= 11 is 1.75. The Balaban J connectivity index is 2.60. The second kappa shape index (κ2) is 8.98. The van der Waals surface area contributed by atoms with Gasteiger partial charge in [0, 0.05) is 23.4 Å². The van der Waals surface area contributed by atoms with Crippen LogP contribution in [-0.4, -0.2) is 36.6 Å². The molecule has 6 heteroatoms. The van der Waals surface area contributed by atoms with Gasteiger partial charge in [-0.3, -0.25) is 4.99 Å². The number of hydrogen-bond donors (Lipinski definition) is 2. The lowest BCUT2D eigenvalue weighted by atomic mass is 10.1. The van der Waals surface area contributed by atoms with Crippen molar-refractivity contribution in [2.75, 3.05) is 25.9 Å². The van der Waals surface area contributed by atoms with Crippen LogP contribution in [0.5, 0.6) is 0 Å². The first-order valence-electron chi connectivity index (χ1n) is 7.40. The minimum absolute atomic E-state index is 0.0556. The summed E-state index contributed by atoms with van der Waals surface area (Å²) in [5.74, 6) is -0.346. The number of halogens is 2. The third-order valence-electron chi connectivity index (χ3n) is 3.24. The van der Waals surface area contributed by atoms with Gasteiger partial charge in [0.2, 0.25) is 0 Å². The minimum Gasteiger partial charge on any atom is -0.357 e. The van der Waals surface area contributed by atoms with Crippen LogP contribution in [0.25, 0.3) is 0 Å². The molecule has 3 nitrogen and oxygen atoms in total. The van der Waals surface area contributed by atoms with E-state index in [0.29, 0.717) is 19.0 Å². The fourth-order valence-electron chi connectivity index (χ4n) is 1.75. The molecule has 0 aliphatic rings. The molecule has 0 radical (unpaired) electrons. The smallest absolute Gasteiger partial charge is 0.191 e. The van der Waals surface area contributed by atoms with Crippen molar-refractivity contribution in [1.29, 1.82) is 0 Å². The van der Waals surface area contributed by atoms with E-state index in [0.717, 1.165) is 6.54 Å². The van der Waals surface area contributed by atoms with Gasteiger partial charge in [0.25, 0.3) is 0 Å². The van der Waals surface area contributed by atoms with Crippen molar-refractivity contribution in [3.8, 4) is 0 Å². The predicted molar refractivity (Wildman–Crippen MR) is 91.6 cm³/mol. The van der Waals surface area contributed by atoms with Gasteiger partial charge in [0.1, 0.15) is 11.6 Å². The average molecular weight is 329 g/mol. The number of benzene rings is 1. The lowest BCUT2D eigenvalue weighted by molar-refractivity contribution is 0.553. The molecule has 1 aromatic rings. The minimum atomic E-state index is -0.507. The normalized spacial score (nSPS) is 12.4. The van der Waals surface area contributed by atoms with Crippen LogP contribution in [-0.2, 0) is 6.42 Å². The first-order chi connectivity index (χ1) is 10.4. The van der Waals surface area contributed by atoms with Gasteiger partial charge in [0.05, 0.1) is 6.54 Å². The summed E-state index contributed by atoms with van der Waals surface area (Å²) in [6, 6.07) is 3.93. The van der Waals surface area contributed by atoms with Crippen LogP contribution < -0.4 is 10.6 Å². The quantitative estimate of drug-likeness (QED) is 0.596. The number of rotatable bonds is 7. The van der Waals surface area contributed by atoms with Gasteiger partial charge >= 0.3 is 0 Å². The molecule has 0 aliphatic carbocycles. The number of thioether (sulfide) groups is 1. The molecule has 0 atom stereocenters. The standard InChI is InChI=1S/C16H25F2N3S/c1-5-19-15(21-11-16(2,3)22-4)20-10-9-12-13(17)7-6-8-14(12)18/h6-8H,5,9-11H2,1-4H3,(H2,19,20,21). The van der Waals surface area contributed by atoms with E-state index in [-0.39, 0.29) is 16.7 Å². The average Bonchev–Trinajstić information content (AvgIpc) is 2.48. The molecule has 22 heavy (non-hydrogen) atoms. The molecule has 0 fully saturated rings. The third kappa shape index (κ3) is 6.22. The van der Waals surface area contributed by atoms with E-state index in [9.17, 15) is 8.78 Å². The van der Waals surface area contributed by atoms with Crippen molar-refractivity contribution < 1.29 is 8.78 Å². The van der Waals surface area contributed by atoms with Gasteiger partial charge < -0.3 is 10.6 Å². The Labute approximate surface area is 136 Å². The molecule has 0 saturated heterocycles. The molecule has 0 unspecified atom stereocenters. The van der Waals surface area contributed by atoms with Crippen LogP contribution in [0.2, 0.25) is 0 Å². The van der Waals surface area contributed by atoms with E-state index < -0.39 is 11.6 Å². The van der Waals surface area contributed by atoms with Gasteiger partial charge in [-0.2, -0.15) is 11.8 Å². The predicted octanol–water partition coefficient (Wildman–Crippen LogP) is 3.20. The fraction of sp³-hybridized carbons (Fsp3) is 0.562. The van der Waals surface area contributed by atoms with Gasteiger partial charge in [0.15, 0.2) is 5.96 Å². The topological polar surface area (TPSA) is 36.4 Å². The maximum atomic E-state index is 13.6. The summed E-state index contributed by atoms with van der Waals surface area (Å²) in [6.07, 6.45) is 2.33. The first-order valence-corrected chi connectivity index (χ1v) is 8.62. The Kier molecular flexibility index (Phi) is 7.65. The number of hydrogen-bond acceptors (Lipinski definition) is 2. The zero-order valence-electron chi connectivity index (χ0n) is 13.7. The Morgan fingerprint density at radius 1 is 1.23 bits per heavy atom. The van der Waals surface area contributed by atoms with Crippen LogP contribution in [0.1, 0.15) is 26.3 Å². The van der Waals surface area contributed by atoms with E-state index in [1.54, 1.807) is 11.8 Å². The lowest BCUT2D eigenvalue weighted by Gasteiger charge is -2.20. The number of aliphatic imine (C=N–C) groups is 1. The maximum Gasteiger partial charge on any atom is 0.191 e. The highest BCUT2D eigenvalue weighted by Crippen LogP contribution is 2.20. The highest BCUT2D eigenvalue weighted by molar-refractivity contribution is 7.99. The Bertz CT molecular complexity index is 484. The van der Waals surface area contributed by atoms with E-state index in [1.807, 2.05) is 6.92 Å². The molecule has 0 heterocycles. The van der Waals surface area contributed by atoms with E-state index in [2.05, 4.69) is 35.7 Å². The molecule has 0 aromatic heterocycles. The van der Waals surface area contributed by atoms with Crippen LogP contribution in [0.15, 0.2) is 23.2 Å². The van der Waals surface area contributed by atoms with E-state index in [4.69, 9.17) is 0 Å². The summed E-state index contributed by atoms with van der Waals surface area (Å²) < 4.78 is 27.2. The number of guanidine groups is 1. The fourth-order valence-corrected chi connectivity index (χ4v) is 1.95. The van der Waals surface area contributed by atoms with Crippen molar-refractivity contribution in [1.82, 2.24) is 10.6 Å². The zero-order valence-corrected chi connectivity index (χ0v) is 14.5. The monoisotopic (exact) mass is 329 g/mol. The second-order valence-corrected chi connectivity index (χ2v) is 7.05. The Morgan fingerprint density at radius 2 is 1.86 bits per heavy atom. The lowest BCUT2D eigenvalue weighted by Crippen LogP contribution is -2.39. The molecule has 0 amide bonds. The summed E-state index contributed by atoms with van der Waals surface area (Å²) in [5, 5.41) is 6.25. The molecule has 2 N–H and O–H groups in total. The Morgan fingerprint density at radius 3 is 2.41 bits per heavy atom. The molecular weight excluding hydrogens is 304 g/mol. The van der Waals surface area contributed by atoms with E-state index in [1.165, 1.54) is 18.2 Å². The van der Waals surface area contributed by atoms with Gasteiger partial charge in [-0.15, -0.1) is 0 Å². The second-order valence-electron chi connectivity index (χ2n) is 5.54. The van der Waals surface area contributed by atoms with Crippen LogP contribution in [0.3, 0.4) is 0 Å². The summed E-state index contributed by atoms with van der Waals surface area (Å²) in [5.41, 5.74) is 0.107. The van der Waals surface area contributed by atoms with Crippen LogP contribution >= 0.6 is 11.8 Å². The zero-order chi connectivity index (χ0) is 16.6. The SMILES string of the molecule is CCNC(=NCC(C)(C)SC)NCCc1c(F)cccc1F. The molecule has 0 bridgehead atoms. The third-order valence-corrected chi connectivity index (χ3v) is 4.48. The molecular formula is C16H25F2N3S. The van der Waals surface area contributed by atoms with Gasteiger partial charge in [-0.1, -0.05) is 6.07 Å². The number of nitrogens with one attached hydrogen (secondary N) is 2. The summed E-state index contributed by atoms with van der Waals surface area (Å²) in [4.78, 5) is 4.52. The molecule has 124 valence electrons. The van der Waals surface area contributed by atoms with Crippen molar-refractivity contribution >= 4 is 17.7 Å². The summed E-state index contributed by atoms with van der Waals surface area (Å²) in [6.45, 7) is 8.05. The Hall–Kier alpha value is -1.30. The molecule has 0 spiro atoms. The molecule has 1 rings (SSSR count). The van der Waals surface area contributed by atoms with Crippen molar-refractivity contribution in [3.63, 3.8) is 0 Å². The van der Waals surface area contributed by atoms with Crippen LogP contribution in [0, 0.1) is 11.6 Å². The highest BCUT2D eigenvalue weighted by Gasteiger charge is 2.15. The maximum absolute atomic E-state index is 13.6. The highest BCUT2D eigenvalue weighted by atomic mass is 32.2. The van der Waals surface area contributed by atoms with Crippen molar-refractivity contribution in [3.05, 3.63) is 35.4 Å². The van der Waals surface area contributed by atoms with Gasteiger partial charge in [-0.05, 0) is 45.6 Å². The molecule has 0 aliphatic heterocycles. The van der Waals surface area contributed by atoms with E-state index >= 15 is 0 Å².